The number of halogens is 1. The third-order valence-electron chi connectivity index (χ3n) is 3.79. The summed E-state index contributed by atoms with van der Waals surface area (Å²) in [7, 11) is 0. The molecule has 96 valence electrons. The SMILES string of the molecule is Cc1ccc(O)c(C)c1C1(O)CCCCC1.Cl. The van der Waals surface area contributed by atoms with Crippen molar-refractivity contribution in [3.05, 3.63) is 28.8 Å². The first-order chi connectivity index (χ1) is 7.54. The van der Waals surface area contributed by atoms with Crippen LogP contribution in [0.4, 0.5) is 0 Å². The number of hydrogen-bond acceptors (Lipinski definition) is 2. The van der Waals surface area contributed by atoms with Crippen molar-refractivity contribution in [3.63, 3.8) is 0 Å². The number of phenols is 1. The van der Waals surface area contributed by atoms with Gasteiger partial charge in [0, 0.05) is 0 Å². The van der Waals surface area contributed by atoms with Crippen molar-refractivity contribution in [1.82, 2.24) is 0 Å². The molecule has 0 aromatic heterocycles. The highest BCUT2D eigenvalue weighted by Gasteiger charge is 2.34. The summed E-state index contributed by atoms with van der Waals surface area (Å²) < 4.78 is 0. The molecule has 2 nitrogen and oxygen atoms in total. The standard InChI is InChI=1S/C14H20O2.ClH/c1-10-6-7-12(15)11(2)13(10)14(16)8-4-3-5-9-14;/h6-7,15-16H,3-5,8-9H2,1-2H3;1H. The van der Waals surface area contributed by atoms with Gasteiger partial charge in [0.15, 0.2) is 0 Å². The molecular weight excluding hydrogens is 236 g/mol. The van der Waals surface area contributed by atoms with Crippen LogP contribution in [0.3, 0.4) is 0 Å². The molecule has 0 spiro atoms. The van der Waals surface area contributed by atoms with E-state index < -0.39 is 5.60 Å². The molecule has 1 saturated carbocycles. The summed E-state index contributed by atoms with van der Waals surface area (Å²) in [4.78, 5) is 0. The highest BCUT2D eigenvalue weighted by Crippen LogP contribution is 2.41. The maximum absolute atomic E-state index is 10.7. The van der Waals surface area contributed by atoms with E-state index in [1.807, 2.05) is 19.9 Å². The number of aliphatic hydroxyl groups is 1. The van der Waals surface area contributed by atoms with Gasteiger partial charge in [0.05, 0.1) is 5.60 Å². The second-order valence-electron chi connectivity index (χ2n) is 4.99. The fourth-order valence-electron chi connectivity index (χ4n) is 2.94. The quantitative estimate of drug-likeness (QED) is 0.806. The smallest absolute Gasteiger partial charge is 0.118 e. The second-order valence-corrected chi connectivity index (χ2v) is 4.99. The third-order valence-corrected chi connectivity index (χ3v) is 3.79. The maximum atomic E-state index is 10.7. The molecule has 2 rings (SSSR count). The molecule has 1 fully saturated rings. The average Bonchev–Trinajstić information content (AvgIpc) is 2.25. The van der Waals surface area contributed by atoms with Gasteiger partial charge in [-0.2, -0.15) is 0 Å². The second kappa shape index (κ2) is 5.28. The van der Waals surface area contributed by atoms with Gasteiger partial charge in [-0.25, -0.2) is 0 Å². The van der Waals surface area contributed by atoms with Gasteiger partial charge in [-0.1, -0.05) is 25.3 Å². The molecule has 3 heteroatoms. The number of phenolic OH excluding ortho intramolecular Hbond substituents is 1. The van der Waals surface area contributed by atoms with Crippen molar-refractivity contribution in [1.29, 1.82) is 0 Å². The molecule has 0 radical (unpaired) electrons. The number of aromatic hydroxyl groups is 1. The average molecular weight is 257 g/mol. The van der Waals surface area contributed by atoms with Crippen LogP contribution in [0.15, 0.2) is 12.1 Å². The van der Waals surface area contributed by atoms with Crippen LogP contribution in [-0.2, 0) is 5.60 Å². The van der Waals surface area contributed by atoms with Crippen molar-refractivity contribution in [2.75, 3.05) is 0 Å². The Kier molecular flexibility index (Phi) is 4.45. The molecule has 1 aromatic carbocycles. The lowest BCUT2D eigenvalue weighted by atomic mass is 9.76. The van der Waals surface area contributed by atoms with Crippen molar-refractivity contribution in [2.45, 2.75) is 51.6 Å². The minimum Gasteiger partial charge on any atom is -0.508 e. The molecular formula is C14H21ClO2. The Morgan fingerprint density at radius 1 is 1.06 bits per heavy atom. The van der Waals surface area contributed by atoms with E-state index >= 15 is 0 Å². The predicted octanol–water partition coefficient (Wildman–Crippen LogP) is 3.58. The van der Waals surface area contributed by atoms with E-state index in [0.717, 1.165) is 42.4 Å². The molecule has 1 aromatic rings. The van der Waals surface area contributed by atoms with Gasteiger partial charge < -0.3 is 10.2 Å². The Hall–Kier alpha value is -0.730. The summed E-state index contributed by atoms with van der Waals surface area (Å²) in [6.45, 7) is 3.90. The van der Waals surface area contributed by atoms with Crippen molar-refractivity contribution < 1.29 is 10.2 Å². The molecule has 1 aliphatic rings. The van der Waals surface area contributed by atoms with Crippen LogP contribution in [0.2, 0.25) is 0 Å². The minimum absolute atomic E-state index is 0. The van der Waals surface area contributed by atoms with Crippen LogP contribution in [0, 0.1) is 13.8 Å². The van der Waals surface area contributed by atoms with Crippen LogP contribution in [0.25, 0.3) is 0 Å². The maximum Gasteiger partial charge on any atom is 0.118 e. The Morgan fingerprint density at radius 3 is 2.24 bits per heavy atom. The lowest BCUT2D eigenvalue weighted by Gasteiger charge is -2.35. The first kappa shape index (κ1) is 14.3. The topological polar surface area (TPSA) is 40.5 Å². The molecule has 17 heavy (non-hydrogen) atoms. The molecule has 0 aliphatic heterocycles. The Balaban J connectivity index is 0.00000144. The van der Waals surface area contributed by atoms with E-state index in [1.54, 1.807) is 6.07 Å². The summed E-state index contributed by atoms with van der Waals surface area (Å²) in [6.07, 6.45) is 4.99. The number of rotatable bonds is 1. The molecule has 1 aliphatic carbocycles. The van der Waals surface area contributed by atoms with Crippen LogP contribution in [-0.4, -0.2) is 10.2 Å². The van der Waals surface area contributed by atoms with Gasteiger partial charge >= 0.3 is 0 Å². The largest absolute Gasteiger partial charge is 0.508 e. The van der Waals surface area contributed by atoms with Gasteiger partial charge in [0.25, 0.3) is 0 Å². The lowest BCUT2D eigenvalue weighted by Crippen LogP contribution is -2.30. The third kappa shape index (κ3) is 2.58. The number of hydrogen-bond donors (Lipinski definition) is 2. The zero-order valence-corrected chi connectivity index (χ0v) is 11.3. The van der Waals surface area contributed by atoms with Crippen molar-refractivity contribution in [2.24, 2.45) is 0 Å². The summed E-state index contributed by atoms with van der Waals surface area (Å²) in [5.41, 5.74) is 2.15. The van der Waals surface area contributed by atoms with Crippen LogP contribution in [0.1, 0.15) is 48.8 Å². The van der Waals surface area contributed by atoms with Crippen molar-refractivity contribution >= 4 is 12.4 Å². The molecule has 0 amide bonds. The number of benzene rings is 1. The first-order valence-electron chi connectivity index (χ1n) is 6.07. The van der Waals surface area contributed by atoms with Crippen LogP contribution < -0.4 is 0 Å². The molecule has 0 bridgehead atoms. The lowest BCUT2D eigenvalue weighted by molar-refractivity contribution is -0.00193. The normalized spacial score (nSPS) is 18.5. The van der Waals surface area contributed by atoms with E-state index in [4.69, 9.17) is 0 Å². The Bertz CT molecular complexity index is 395. The van der Waals surface area contributed by atoms with Gasteiger partial charge in [-0.15, -0.1) is 12.4 Å². The highest BCUT2D eigenvalue weighted by atomic mass is 35.5. The summed E-state index contributed by atoms with van der Waals surface area (Å²) in [6, 6.07) is 3.60. The van der Waals surface area contributed by atoms with Crippen LogP contribution in [0.5, 0.6) is 5.75 Å². The van der Waals surface area contributed by atoms with Gasteiger partial charge in [-0.05, 0) is 49.4 Å². The Labute approximate surface area is 109 Å². The summed E-state index contributed by atoms with van der Waals surface area (Å²) >= 11 is 0. The van der Waals surface area contributed by atoms with E-state index in [-0.39, 0.29) is 12.4 Å². The zero-order chi connectivity index (χ0) is 11.8. The van der Waals surface area contributed by atoms with E-state index in [0.29, 0.717) is 5.75 Å². The van der Waals surface area contributed by atoms with Gasteiger partial charge in [-0.3, -0.25) is 0 Å². The van der Waals surface area contributed by atoms with E-state index in [1.165, 1.54) is 6.42 Å². The monoisotopic (exact) mass is 256 g/mol. The zero-order valence-electron chi connectivity index (χ0n) is 10.5. The van der Waals surface area contributed by atoms with Gasteiger partial charge in [0.2, 0.25) is 0 Å². The predicted molar refractivity (Wildman–Crippen MR) is 71.8 cm³/mol. The first-order valence-corrected chi connectivity index (χ1v) is 6.07. The molecule has 0 saturated heterocycles. The van der Waals surface area contributed by atoms with Crippen LogP contribution >= 0.6 is 12.4 Å². The van der Waals surface area contributed by atoms with Gasteiger partial charge in [0.1, 0.15) is 5.75 Å². The summed E-state index contributed by atoms with van der Waals surface area (Å²) in [5.74, 6) is 0.291. The molecule has 0 heterocycles. The number of aryl methyl sites for hydroxylation is 1. The fourth-order valence-corrected chi connectivity index (χ4v) is 2.94. The summed E-state index contributed by atoms with van der Waals surface area (Å²) in [5, 5.41) is 20.5. The highest BCUT2D eigenvalue weighted by molar-refractivity contribution is 5.85. The van der Waals surface area contributed by atoms with Crippen molar-refractivity contribution in [3.8, 4) is 5.75 Å². The molecule has 0 unspecified atom stereocenters. The fraction of sp³-hybridized carbons (Fsp3) is 0.571. The van der Waals surface area contributed by atoms with E-state index in [9.17, 15) is 10.2 Å². The Morgan fingerprint density at radius 2 is 1.65 bits per heavy atom. The minimum atomic E-state index is -0.717. The molecule has 2 N–H and O–H groups in total. The van der Waals surface area contributed by atoms with E-state index in [2.05, 4.69) is 0 Å². The molecule has 0 atom stereocenters.